The fourth-order valence-electron chi connectivity index (χ4n) is 2.57. The molecule has 0 bridgehead atoms. The lowest BCUT2D eigenvalue weighted by molar-refractivity contribution is 0.0915. The molecule has 0 spiro atoms. The van der Waals surface area contributed by atoms with Crippen molar-refractivity contribution in [3.8, 4) is 0 Å². The van der Waals surface area contributed by atoms with E-state index in [-0.39, 0.29) is 18.0 Å². The lowest BCUT2D eigenvalue weighted by Gasteiger charge is -2.29. The number of hydrogen-bond donors (Lipinski definition) is 3. The quantitative estimate of drug-likeness (QED) is 0.798. The second-order valence-corrected chi connectivity index (χ2v) is 6.87. The van der Waals surface area contributed by atoms with E-state index < -0.39 is 0 Å². The fourth-order valence-corrected chi connectivity index (χ4v) is 3.50. The van der Waals surface area contributed by atoms with Crippen LogP contribution in [0.3, 0.4) is 0 Å². The van der Waals surface area contributed by atoms with E-state index in [0.29, 0.717) is 21.7 Å². The summed E-state index contributed by atoms with van der Waals surface area (Å²) >= 11 is 1.33. The molecule has 1 aliphatic carbocycles. The molecular weight excluding hydrogens is 272 g/mol. The normalized spacial score (nSPS) is 22.8. The Bertz CT molecular complexity index is 472. The number of nitrogens with two attached hydrogens (primary N) is 1. The number of thiazole rings is 1. The van der Waals surface area contributed by atoms with Crippen LogP contribution >= 0.6 is 11.3 Å². The maximum Gasteiger partial charge on any atom is 0.265 e. The van der Waals surface area contributed by atoms with Crippen LogP contribution in [0.15, 0.2) is 0 Å². The molecule has 0 aromatic carbocycles. The van der Waals surface area contributed by atoms with E-state index in [1.54, 1.807) is 0 Å². The van der Waals surface area contributed by atoms with Gasteiger partial charge in [0, 0.05) is 12.1 Å². The highest BCUT2D eigenvalue weighted by Gasteiger charge is 2.25. The third-order valence-electron chi connectivity index (χ3n) is 3.70. The van der Waals surface area contributed by atoms with Crippen molar-refractivity contribution in [3.05, 3.63) is 4.88 Å². The van der Waals surface area contributed by atoms with Gasteiger partial charge in [0.05, 0.1) is 0 Å². The summed E-state index contributed by atoms with van der Waals surface area (Å²) in [5, 5.41) is 7.00. The van der Waals surface area contributed by atoms with E-state index in [4.69, 9.17) is 5.73 Å². The number of carbonyl (C=O) groups is 1. The van der Waals surface area contributed by atoms with Crippen LogP contribution < -0.4 is 16.4 Å². The summed E-state index contributed by atoms with van der Waals surface area (Å²) in [4.78, 5) is 17.1. The lowest BCUT2D eigenvalue weighted by atomic mass is 9.86. The molecule has 0 aliphatic heterocycles. The van der Waals surface area contributed by atoms with Crippen molar-refractivity contribution in [2.24, 2.45) is 5.92 Å². The van der Waals surface area contributed by atoms with Crippen LogP contribution in [0.4, 0.5) is 10.9 Å². The highest BCUT2D eigenvalue weighted by Crippen LogP contribution is 2.28. The first-order chi connectivity index (χ1) is 9.47. The number of anilines is 2. The van der Waals surface area contributed by atoms with E-state index in [0.717, 1.165) is 6.42 Å². The maximum atomic E-state index is 12.3. The largest absolute Gasteiger partial charge is 0.382 e. The van der Waals surface area contributed by atoms with Gasteiger partial charge in [0.15, 0.2) is 5.13 Å². The minimum atomic E-state index is -0.0874. The number of carbonyl (C=O) groups excluding carboxylic acids is 1. The van der Waals surface area contributed by atoms with Gasteiger partial charge in [0.1, 0.15) is 10.7 Å². The van der Waals surface area contributed by atoms with E-state index >= 15 is 0 Å². The smallest absolute Gasteiger partial charge is 0.265 e. The van der Waals surface area contributed by atoms with Gasteiger partial charge in [-0.05, 0) is 32.6 Å². The Balaban J connectivity index is 2.03. The second kappa shape index (κ2) is 6.43. The van der Waals surface area contributed by atoms with Gasteiger partial charge in [-0.2, -0.15) is 0 Å². The summed E-state index contributed by atoms with van der Waals surface area (Å²) in [7, 11) is 0. The molecule has 4 N–H and O–H groups in total. The first-order valence-electron chi connectivity index (χ1n) is 7.31. The van der Waals surface area contributed by atoms with Crippen molar-refractivity contribution in [2.75, 3.05) is 11.1 Å². The monoisotopic (exact) mass is 296 g/mol. The number of nitrogens with one attached hydrogen (secondary N) is 2. The topological polar surface area (TPSA) is 80.0 Å². The van der Waals surface area contributed by atoms with Gasteiger partial charge in [-0.1, -0.05) is 31.1 Å². The second-order valence-electron chi connectivity index (χ2n) is 5.87. The molecule has 6 heteroatoms. The van der Waals surface area contributed by atoms with Gasteiger partial charge in [-0.15, -0.1) is 0 Å². The molecule has 20 heavy (non-hydrogen) atoms. The number of rotatable bonds is 4. The molecule has 0 radical (unpaired) electrons. The molecule has 1 amide bonds. The van der Waals surface area contributed by atoms with Crippen LogP contribution in [0.1, 0.15) is 56.1 Å². The van der Waals surface area contributed by atoms with Gasteiger partial charge in [0.25, 0.3) is 5.91 Å². The molecule has 112 valence electrons. The number of hydrogen-bond acceptors (Lipinski definition) is 5. The molecular formula is C14H24N4OS. The first kappa shape index (κ1) is 15.1. The number of nitrogen functional groups attached to an aromatic ring is 1. The van der Waals surface area contributed by atoms with E-state index in [9.17, 15) is 4.79 Å². The summed E-state index contributed by atoms with van der Waals surface area (Å²) in [5.74, 6) is 0.768. The van der Waals surface area contributed by atoms with Crippen LogP contribution in [0.2, 0.25) is 0 Å². The van der Waals surface area contributed by atoms with Crippen LogP contribution in [-0.4, -0.2) is 23.0 Å². The molecule has 5 nitrogen and oxygen atoms in total. The summed E-state index contributed by atoms with van der Waals surface area (Å²) in [6.45, 7) is 6.26. The van der Waals surface area contributed by atoms with Crippen molar-refractivity contribution in [3.63, 3.8) is 0 Å². The zero-order valence-electron chi connectivity index (χ0n) is 12.4. The average Bonchev–Trinajstić information content (AvgIpc) is 2.72. The predicted molar refractivity (Wildman–Crippen MR) is 84.2 cm³/mol. The minimum absolute atomic E-state index is 0.0874. The first-order valence-corrected chi connectivity index (χ1v) is 8.12. The molecule has 1 aromatic rings. The zero-order chi connectivity index (χ0) is 14.7. The van der Waals surface area contributed by atoms with Crippen molar-refractivity contribution in [2.45, 2.75) is 58.5 Å². The molecule has 1 aromatic heterocycles. The Morgan fingerprint density at radius 1 is 1.40 bits per heavy atom. The maximum absolute atomic E-state index is 12.3. The molecule has 1 heterocycles. The zero-order valence-corrected chi connectivity index (χ0v) is 13.2. The third kappa shape index (κ3) is 3.62. The van der Waals surface area contributed by atoms with Gasteiger partial charge in [-0.3, -0.25) is 4.79 Å². The van der Waals surface area contributed by atoms with E-state index in [1.807, 2.05) is 13.8 Å². The van der Waals surface area contributed by atoms with Crippen LogP contribution in [0.5, 0.6) is 0 Å². The SMILES string of the molecule is CC(C)Nc1nc(N)c(C(=O)NC2CCCCC2C)s1. The molecule has 0 saturated heterocycles. The molecule has 2 rings (SSSR count). The highest BCUT2D eigenvalue weighted by molar-refractivity contribution is 7.18. The number of amides is 1. The number of aromatic nitrogens is 1. The molecule has 2 unspecified atom stereocenters. The lowest BCUT2D eigenvalue weighted by Crippen LogP contribution is -2.40. The summed E-state index contributed by atoms with van der Waals surface area (Å²) in [6.07, 6.45) is 4.69. The van der Waals surface area contributed by atoms with Gasteiger partial charge in [-0.25, -0.2) is 4.98 Å². The Hall–Kier alpha value is -1.30. The Labute approximate surface area is 124 Å². The molecule has 2 atom stereocenters. The standard InChI is InChI=1S/C14H24N4OS/c1-8(2)16-14-18-12(15)11(20-14)13(19)17-10-7-5-4-6-9(10)3/h8-10H,4-7,15H2,1-3H3,(H,16,18)(H,17,19). The van der Waals surface area contributed by atoms with Crippen LogP contribution in [0.25, 0.3) is 0 Å². The molecule has 1 fully saturated rings. The van der Waals surface area contributed by atoms with E-state index in [2.05, 4.69) is 22.5 Å². The van der Waals surface area contributed by atoms with Gasteiger partial charge in [0.2, 0.25) is 0 Å². The van der Waals surface area contributed by atoms with Crippen molar-refractivity contribution >= 4 is 28.2 Å². The van der Waals surface area contributed by atoms with Crippen molar-refractivity contribution in [1.29, 1.82) is 0 Å². The van der Waals surface area contributed by atoms with Crippen LogP contribution in [0, 0.1) is 5.92 Å². The summed E-state index contributed by atoms with van der Waals surface area (Å²) < 4.78 is 0. The average molecular weight is 296 g/mol. The third-order valence-corrected chi connectivity index (χ3v) is 4.70. The number of nitrogens with zero attached hydrogens (tertiary/aromatic N) is 1. The van der Waals surface area contributed by atoms with Crippen LogP contribution in [-0.2, 0) is 0 Å². The molecule has 1 aliphatic rings. The molecule has 1 saturated carbocycles. The Morgan fingerprint density at radius 2 is 2.10 bits per heavy atom. The van der Waals surface area contributed by atoms with Gasteiger partial charge >= 0.3 is 0 Å². The Morgan fingerprint density at radius 3 is 2.75 bits per heavy atom. The highest BCUT2D eigenvalue weighted by atomic mass is 32.1. The predicted octanol–water partition coefficient (Wildman–Crippen LogP) is 2.85. The van der Waals surface area contributed by atoms with Crippen molar-refractivity contribution < 1.29 is 4.79 Å². The fraction of sp³-hybridized carbons (Fsp3) is 0.714. The van der Waals surface area contributed by atoms with Gasteiger partial charge < -0.3 is 16.4 Å². The van der Waals surface area contributed by atoms with Crippen molar-refractivity contribution in [1.82, 2.24) is 10.3 Å². The minimum Gasteiger partial charge on any atom is -0.382 e. The Kier molecular flexibility index (Phi) is 4.86. The summed E-state index contributed by atoms with van der Waals surface area (Å²) in [5.41, 5.74) is 5.86. The van der Waals surface area contributed by atoms with E-state index in [1.165, 1.54) is 30.6 Å². The summed E-state index contributed by atoms with van der Waals surface area (Å²) in [6, 6.07) is 0.536.